The molecule has 4 aromatic carbocycles. The fourth-order valence-electron chi connectivity index (χ4n) is 4.70. The molecule has 0 unspecified atom stereocenters. The molecule has 0 bridgehead atoms. The summed E-state index contributed by atoms with van der Waals surface area (Å²) in [6.07, 6.45) is 0.254. The highest BCUT2D eigenvalue weighted by Gasteiger charge is 2.58. The molecule has 0 spiro atoms. The second kappa shape index (κ2) is 10.4. The number of hydrogen-bond donors (Lipinski definition) is 1. The van der Waals surface area contributed by atoms with Crippen LogP contribution in [-0.2, 0) is 22.6 Å². The van der Waals surface area contributed by atoms with Crippen LogP contribution in [0.25, 0.3) is 0 Å². The van der Waals surface area contributed by atoms with Crippen molar-refractivity contribution in [1.82, 2.24) is 10.4 Å². The van der Waals surface area contributed by atoms with Gasteiger partial charge in [0.05, 0.1) is 6.54 Å². The van der Waals surface area contributed by atoms with Crippen LogP contribution in [0.3, 0.4) is 0 Å². The Hall–Kier alpha value is -3.93. The van der Waals surface area contributed by atoms with Crippen molar-refractivity contribution >= 4 is 23.5 Å². The number of halogens is 1. The smallest absolute Gasteiger partial charge is 0.353 e. The Labute approximate surface area is 215 Å². The number of benzene rings is 4. The molecule has 1 aliphatic rings. The van der Waals surface area contributed by atoms with E-state index in [1.54, 1.807) is 41.5 Å². The lowest BCUT2D eigenvalue weighted by molar-refractivity contribution is -0.178. The summed E-state index contributed by atoms with van der Waals surface area (Å²) >= 11 is 6.20. The third-order valence-electron chi connectivity index (χ3n) is 6.38. The largest absolute Gasteiger partial charge is 0.365 e. The van der Waals surface area contributed by atoms with Gasteiger partial charge >= 0.3 is 5.97 Å². The van der Waals surface area contributed by atoms with Crippen LogP contribution < -0.4 is 5.32 Å². The van der Waals surface area contributed by atoms with Crippen LogP contribution >= 0.6 is 11.6 Å². The molecule has 36 heavy (non-hydrogen) atoms. The zero-order valence-electron chi connectivity index (χ0n) is 19.5. The minimum atomic E-state index is -1.38. The molecule has 5 rings (SSSR count). The number of hydroxylamine groups is 2. The van der Waals surface area contributed by atoms with Gasteiger partial charge in [-0.05, 0) is 41.0 Å². The van der Waals surface area contributed by atoms with Gasteiger partial charge in [0.2, 0.25) is 0 Å². The first-order chi connectivity index (χ1) is 17.5. The topological polar surface area (TPSA) is 58.6 Å². The average molecular weight is 497 g/mol. The first-order valence-corrected chi connectivity index (χ1v) is 12.1. The predicted molar refractivity (Wildman–Crippen MR) is 139 cm³/mol. The maximum atomic E-state index is 13.8. The molecule has 1 N–H and O–H groups in total. The molecule has 1 fully saturated rings. The van der Waals surface area contributed by atoms with Crippen molar-refractivity contribution in [3.63, 3.8) is 0 Å². The zero-order valence-corrected chi connectivity index (χ0v) is 20.3. The molecule has 1 saturated heterocycles. The van der Waals surface area contributed by atoms with Crippen molar-refractivity contribution in [3.8, 4) is 0 Å². The van der Waals surface area contributed by atoms with Crippen LogP contribution in [0.1, 0.15) is 33.1 Å². The number of nitrogens with zero attached hydrogens (tertiary/aromatic N) is 1. The van der Waals surface area contributed by atoms with E-state index in [4.69, 9.17) is 16.4 Å². The zero-order chi connectivity index (χ0) is 25.0. The van der Waals surface area contributed by atoms with Crippen molar-refractivity contribution in [1.29, 1.82) is 0 Å². The molecule has 0 aliphatic carbocycles. The Morgan fingerprint density at radius 3 is 1.97 bits per heavy atom. The Balaban J connectivity index is 1.62. The molecule has 1 amide bonds. The molecule has 4 aromatic rings. The van der Waals surface area contributed by atoms with Crippen LogP contribution in [0.5, 0.6) is 0 Å². The minimum absolute atomic E-state index is 0.254. The number of rotatable bonds is 7. The normalized spacial score (nSPS) is 19.6. The molecule has 0 saturated carbocycles. The summed E-state index contributed by atoms with van der Waals surface area (Å²) in [6, 6.07) is 35.0. The van der Waals surface area contributed by atoms with Gasteiger partial charge in [0.1, 0.15) is 6.04 Å². The monoisotopic (exact) mass is 496 g/mol. The van der Waals surface area contributed by atoms with Crippen LogP contribution in [-0.4, -0.2) is 22.5 Å². The van der Waals surface area contributed by atoms with Gasteiger partial charge in [0.15, 0.2) is 5.54 Å². The van der Waals surface area contributed by atoms with Crippen LogP contribution in [0.4, 0.5) is 0 Å². The van der Waals surface area contributed by atoms with Gasteiger partial charge in [0, 0.05) is 17.0 Å². The van der Waals surface area contributed by atoms with Crippen LogP contribution in [0, 0.1) is 0 Å². The maximum absolute atomic E-state index is 13.8. The first kappa shape index (κ1) is 23.8. The lowest BCUT2D eigenvalue weighted by atomic mass is 9.80. The molecule has 2 atom stereocenters. The van der Waals surface area contributed by atoms with Crippen molar-refractivity contribution in [2.45, 2.75) is 24.5 Å². The van der Waals surface area contributed by atoms with E-state index in [0.717, 1.165) is 16.7 Å². The molecule has 180 valence electrons. The molecule has 1 aliphatic heterocycles. The molecule has 5 nitrogen and oxygen atoms in total. The summed E-state index contributed by atoms with van der Waals surface area (Å²) in [5, 5.41) is 5.34. The van der Waals surface area contributed by atoms with Crippen molar-refractivity contribution in [2.24, 2.45) is 0 Å². The number of carbonyl (C=O) groups excluding carboxylic acids is 2. The summed E-state index contributed by atoms with van der Waals surface area (Å²) < 4.78 is 0. The van der Waals surface area contributed by atoms with Crippen molar-refractivity contribution < 1.29 is 14.4 Å². The fraction of sp³-hybridized carbons (Fsp3) is 0.133. The first-order valence-electron chi connectivity index (χ1n) is 11.7. The number of nitrogens with one attached hydrogen (secondary N) is 1. The fourth-order valence-corrected chi connectivity index (χ4v) is 4.82. The second-order valence-corrected chi connectivity index (χ2v) is 9.28. The van der Waals surface area contributed by atoms with Gasteiger partial charge in [0.25, 0.3) is 5.91 Å². The van der Waals surface area contributed by atoms with Gasteiger partial charge in [-0.2, -0.15) is 0 Å². The minimum Gasteiger partial charge on any atom is -0.365 e. The van der Waals surface area contributed by atoms with Gasteiger partial charge < -0.3 is 10.2 Å². The number of carbonyl (C=O) groups is 2. The van der Waals surface area contributed by atoms with E-state index in [1.165, 1.54) is 0 Å². The van der Waals surface area contributed by atoms with E-state index in [2.05, 4.69) is 5.32 Å². The molecular weight excluding hydrogens is 472 g/mol. The Kier molecular flexibility index (Phi) is 6.85. The third kappa shape index (κ3) is 4.89. The van der Waals surface area contributed by atoms with E-state index in [0.29, 0.717) is 17.1 Å². The number of amides is 1. The lowest BCUT2D eigenvalue weighted by Gasteiger charge is -2.34. The number of hydrogen-bond acceptors (Lipinski definition) is 4. The van der Waals surface area contributed by atoms with E-state index < -0.39 is 17.6 Å². The summed E-state index contributed by atoms with van der Waals surface area (Å²) in [7, 11) is 0. The van der Waals surface area contributed by atoms with Gasteiger partial charge in [-0.15, -0.1) is 5.06 Å². The van der Waals surface area contributed by atoms with Gasteiger partial charge in [-0.1, -0.05) is 103 Å². The molecular formula is C30H25ClN2O3. The van der Waals surface area contributed by atoms with E-state index in [-0.39, 0.29) is 12.3 Å². The average Bonchev–Trinajstić information content (AvgIpc) is 3.16. The van der Waals surface area contributed by atoms with E-state index in [9.17, 15) is 9.59 Å². The lowest BCUT2D eigenvalue weighted by Crippen LogP contribution is -2.57. The van der Waals surface area contributed by atoms with Crippen LogP contribution in [0.2, 0.25) is 5.02 Å². The highest BCUT2D eigenvalue weighted by atomic mass is 35.5. The molecule has 0 aromatic heterocycles. The summed E-state index contributed by atoms with van der Waals surface area (Å²) in [4.78, 5) is 33.2. The highest BCUT2D eigenvalue weighted by Crippen LogP contribution is 2.43. The quantitative estimate of drug-likeness (QED) is 0.353. The Morgan fingerprint density at radius 1 is 0.806 bits per heavy atom. The summed E-state index contributed by atoms with van der Waals surface area (Å²) in [5.74, 6) is -0.851. The Morgan fingerprint density at radius 2 is 1.36 bits per heavy atom. The van der Waals surface area contributed by atoms with Gasteiger partial charge in [-0.3, -0.25) is 4.79 Å². The second-order valence-electron chi connectivity index (χ2n) is 8.85. The summed E-state index contributed by atoms with van der Waals surface area (Å²) in [6.45, 7) is 0.359. The van der Waals surface area contributed by atoms with Crippen molar-refractivity contribution in [3.05, 3.63) is 143 Å². The third-order valence-corrected chi connectivity index (χ3v) is 6.64. The SMILES string of the molecule is O=C(N[C@]1(Cc2ccccc2)C(=O)ON(Cc2ccccc2)[C@H]1c1ccc(Cl)cc1)c1ccccc1. The predicted octanol–water partition coefficient (Wildman–Crippen LogP) is 5.77. The van der Waals surface area contributed by atoms with Crippen LogP contribution in [0.15, 0.2) is 115 Å². The van der Waals surface area contributed by atoms with E-state index in [1.807, 2.05) is 78.9 Å². The molecule has 6 heteroatoms. The molecule has 1 heterocycles. The maximum Gasteiger partial charge on any atom is 0.353 e. The van der Waals surface area contributed by atoms with E-state index >= 15 is 0 Å². The molecule has 0 radical (unpaired) electrons. The highest BCUT2D eigenvalue weighted by molar-refractivity contribution is 6.30. The summed E-state index contributed by atoms with van der Waals surface area (Å²) in [5.41, 5.74) is 1.79. The van der Waals surface area contributed by atoms with Gasteiger partial charge in [-0.25, -0.2) is 4.79 Å². The Bertz CT molecular complexity index is 1330. The van der Waals surface area contributed by atoms with Crippen molar-refractivity contribution in [2.75, 3.05) is 0 Å². The standard InChI is InChI=1S/C30H25ClN2O3/c31-26-18-16-24(17-19-26)27-30(20-22-10-4-1-5-11-22,32-28(34)25-14-8-3-9-15-25)29(35)36-33(27)21-23-12-6-2-7-13-23/h1-19,27H,20-21H2,(H,32,34)/t27-,30-/m0/s1.